The second kappa shape index (κ2) is 15.5. The normalized spacial score (nSPS) is 20.7. The first-order chi connectivity index (χ1) is 14.8. The molecule has 0 aromatic carbocycles. The van der Waals surface area contributed by atoms with Crippen LogP contribution in [0.5, 0.6) is 0 Å². The maximum Gasteiger partial charge on any atom is 0.328 e. The monoisotopic (exact) mass is 456 g/mol. The molecule has 0 bridgehead atoms. The zero-order valence-corrected chi connectivity index (χ0v) is 21.0. The van der Waals surface area contributed by atoms with Crippen molar-refractivity contribution in [2.75, 3.05) is 19.1 Å². The Kier molecular flexibility index (Phi) is 13.9. The first kappa shape index (κ1) is 27.8. The van der Waals surface area contributed by atoms with E-state index in [2.05, 4.69) is 17.6 Å². The number of nitrogens with one attached hydrogen (secondary N) is 2. The van der Waals surface area contributed by atoms with Crippen molar-refractivity contribution >= 4 is 29.5 Å². The predicted octanol–water partition coefficient (Wildman–Crippen LogP) is 4.31. The Hall–Kier alpha value is -1.24. The van der Waals surface area contributed by atoms with Gasteiger partial charge in [0.2, 0.25) is 11.8 Å². The highest BCUT2D eigenvalue weighted by molar-refractivity contribution is 7.98. The molecule has 0 aliphatic heterocycles. The van der Waals surface area contributed by atoms with Gasteiger partial charge in [-0.05, 0) is 55.9 Å². The van der Waals surface area contributed by atoms with Gasteiger partial charge < -0.3 is 15.4 Å². The fraction of sp³-hybridized carbons (Fsp3) is 0.875. The van der Waals surface area contributed by atoms with E-state index in [4.69, 9.17) is 4.74 Å². The highest BCUT2D eigenvalue weighted by Gasteiger charge is 2.32. The lowest BCUT2D eigenvalue weighted by Gasteiger charge is -2.30. The van der Waals surface area contributed by atoms with Crippen LogP contribution in [0, 0.1) is 17.8 Å². The minimum Gasteiger partial charge on any atom is -0.467 e. The van der Waals surface area contributed by atoms with Crippen molar-refractivity contribution in [2.45, 2.75) is 97.1 Å². The summed E-state index contributed by atoms with van der Waals surface area (Å²) in [6.07, 6.45) is 13.0. The van der Waals surface area contributed by atoms with Crippen LogP contribution in [-0.2, 0) is 19.1 Å². The Morgan fingerprint density at radius 3 is 2.26 bits per heavy atom. The van der Waals surface area contributed by atoms with E-state index in [0.29, 0.717) is 6.42 Å². The van der Waals surface area contributed by atoms with Gasteiger partial charge in [-0.2, -0.15) is 11.8 Å². The van der Waals surface area contributed by atoms with E-state index in [1.54, 1.807) is 11.8 Å². The first-order valence-corrected chi connectivity index (χ1v) is 13.4. The van der Waals surface area contributed by atoms with Crippen molar-refractivity contribution < 1.29 is 19.1 Å². The Labute approximate surface area is 193 Å². The Morgan fingerprint density at radius 1 is 1.03 bits per heavy atom. The number of hydrogen-bond donors (Lipinski definition) is 2. The molecule has 6 nitrogen and oxygen atoms in total. The van der Waals surface area contributed by atoms with E-state index in [-0.39, 0.29) is 23.7 Å². The van der Waals surface area contributed by atoms with Crippen LogP contribution in [-0.4, -0.2) is 49.0 Å². The van der Waals surface area contributed by atoms with Crippen molar-refractivity contribution in [3.8, 4) is 0 Å². The van der Waals surface area contributed by atoms with Gasteiger partial charge in [-0.1, -0.05) is 52.9 Å². The molecule has 1 aliphatic rings. The van der Waals surface area contributed by atoms with Crippen molar-refractivity contribution in [1.82, 2.24) is 10.6 Å². The van der Waals surface area contributed by atoms with Gasteiger partial charge in [0.15, 0.2) is 0 Å². The maximum atomic E-state index is 12.9. The lowest BCUT2D eigenvalue weighted by molar-refractivity contribution is -0.146. The van der Waals surface area contributed by atoms with Gasteiger partial charge in [-0.3, -0.25) is 9.59 Å². The van der Waals surface area contributed by atoms with E-state index in [0.717, 1.165) is 37.4 Å². The Bertz CT molecular complexity index is 548. The first-order valence-electron chi connectivity index (χ1n) is 12.0. The largest absolute Gasteiger partial charge is 0.467 e. The van der Waals surface area contributed by atoms with E-state index < -0.39 is 18.1 Å². The third-order valence-electron chi connectivity index (χ3n) is 6.35. The molecular weight excluding hydrogens is 412 g/mol. The van der Waals surface area contributed by atoms with Crippen molar-refractivity contribution in [1.29, 1.82) is 0 Å². The number of unbranched alkanes of at least 4 members (excludes halogenated alkanes) is 3. The fourth-order valence-electron chi connectivity index (χ4n) is 4.25. The average molecular weight is 457 g/mol. The summed E-state index contributed by atoms with van der Waals surface area (Å²) in [4.78, 5) is 37.8. The number of hydrogen-bond acceptors (Lipinski definition) is 5. The molecule has 0 radical (unpaired) electrons. The molecule has 0 aromatic rings. The molecule has 0 unspecified atom stereocenters. The summed E-state index contributed by atoms with van der Waals surface area (Å²) < 4.78 is 4.82. The highest BCUT2D eigenvalue weighted by atomic mass is 32.2. The smallest absolute Gasteiger partial charge is 0.328 e. The Balaban J connectivity index is 2.59. The second-order valence-corrected chi connectivity index (χ2v) is 10.1. The summed E-state index contributed by atoms with van der Waals surface area (Å²) in [7, 11) is 1.32. The van der Waals surface area contributed by atoms with E-state index in [9.17, 15) is 14.4 Å². The number of carbonyl (C=O) groups excluding carboxylic acids is 3. The highest BCUT2D eigenvalue weighted by Crippen LogP contribution is 2.32. The molecule has 1 fully saturated rings. The average Bonchev–Trinajstić information content (AvgIpc) is 2.77. The summed E-state index contributed by atoms with van der Waals surface area (Å²) in [6.45, 7) is 5.95. The zero-order valence-electron chi connectivity index (χ0n) is 20.2. The van der Waals surface area contributed by atoms with Crippen molar-refractivity contribution in [3.63, 3.8) is 0 Å². The van der Waals surface area contributed by atoms with Crippen LogP contribution in [0.2, 0.25) is 0 Å². The number of amides is 2. The Morgan fingerprint density at radius 2 is 1.71 bits per heavy atom. The summed E-state index contributed by atoms with van der Waals surface area (Å²) in [5.74, 6) is 0.590. The number of rotatable bonds is 14. The van der Waals surface area contributed by atoms with E-state index >= 15 is 0 Å². The van der Waals surface area contributed by atoms with Gasteiger partial charge in [0.05, 0.1) is 7.11 Å². The molecular formula is C24H44N2O4S. The summed E-state index contributed by atoms with van der Waals surface area (Å²) in [6, 6.07) is -1.34. The van der Waals surface area contributed by atoms with Crippen LogP contribution >= 0.6 is 11.8 Å². The molecule has 7 heteroatoms. The molecule has 0 saturated heterocycles. The predicted molar refractivity (Wildman–Crippen MR) is 128 cm³/mol. The standard InChI is InChI=1S/C24H44N2O4S/c1-6-7-8-9-10-18-11-13-19(14-12-18)22(27)25-20(15-16-31-5)23(28)26-21(17(2)3)24(29)30-4/h17-21H,6-16H2,1-5H3,(H,25,27)(H,26,28)/t18?,19?,20-,21-/m0/s1. The molecule has 1 aliphatic carbocycles. The molecule has 2 atom stereocenters. The van der Waals surface area contributed by atoms with Crippen molar-refractivity contribution in [3.05, 3.63) is 0 Å². The van der Waals surface area contributed by atoms with Gasteiger partial charge in [0.1, 0.15) is 12.1 Å². The number of esters is 1. The minimum atomic E-state index is -0.714. The number of ether oxygens (including phenoxy) is 1. The van der Waals surface area contributed by atoms with E-state index in [1.807, 2.05) is 20.1 Å². The number of thioether (sulfide) groups is 1. The van der Waals surface area contributed by atoms with Crippen LogP contribution in [0.3, 0.4) is 0 Å². The van der Waals surface area contributed by atoms with Gasteiger partial charge in [0.25, 0.3) is 0 Å². The molecule has 31 heavy (non-hydrogen) atoms. The van der Waals surface area contributed by atoms with Gasteiger partial charge >= 0.3 is 5.97 Å². The van der Waals surface area contributed by atoms with Crippen LogP contribution in [0.1, 0.15) is 85.0 Å². The molecule has 180 valence electrons. The molecule has 0 heterocycles. The van der Waals surface area contributed by atoms with Gasteiger partial charge in [-0.15, -0.1) is 0 Å². The van der Waals surface area contributed by atoms with Crippen LogP contribution < -0.4 is 10.6 Å². The van der Waals surface area contributed by atoms with Gasteiger partial charge in [0, 0.05) is 5.92 Å². The van der Waals surface area contributed by atoms with Gasteiger partial charge in [-0.25, -0.2) is 4.79 Å². The summed E-state index contributed by atoms with van der Waals surface area (Å²) >= 11 is 1.63. The zero-order chi connectivity index (χ0) is 23.2. The van der Waals surface area contributed by atoms with Crippen LogP contribution in [0.15, 0.2) is 0 Å². The molecule has 0 aromatic heterocycles. The topological polar surface area (TPSA) is 84.5 Å². The minimum absolute atomic E-state index is 0.0158. The fourth-order valence-corrected chi connectivity index (χ4v) is 4.72. The van der Waals surface area contributed by atoms with Crippen LogP contribution in [0.25, 0.3) is 0 Å². The second-order valence-electron chi connectivity index (χ2n) is 9.16. The molecule has 1 rings (SSSR count). The third kappa shape index (κ3) is 10.3. The molecule has 0 spiro atoms. The SMILES string of the molecule is CCCCCCC1CCC(C(=O)N[C@@H](CCSC)C(=O)N[C@H](C(=O)OC)C(C)C)CC1. The number of carbonyl (C=O) groups is 3. The quantitative estimate of drug-likeness (QED) is 0.300. The molecule has 2 amide bonds. The number of methoxy groups -OCH3 is 1. The van der Waals surface area contributed by atoms with E-state index in [1.165, 1.54) is 39.2 Å². The summed E-state index contributed by atoms with van der Waals surface area (Å²) in [5.41, 5.74) is 0. The van der Waals surface area contributed by atoms with Crippen molar-refractivity contribution in [2.24, 2.45) is 17.8 Å². The lowest BCUT2D eigenvalue weighted by Crippen LogP contribution is -2.54. The third-order valence-corrected chi connectivity index (χ3v) is 6.99. The molecule has 2 N–H and O–H groups in total. The lowest BCUT2D eigenvalue weighted by atomic mass is 9.79. The van der Waals surface area contributed by atoms with Crippen LogP contribution in [0.4, 0.5) is 0 Å². The maximum absolute atomic E-state index is 12.9. The molecule has 1 saturated carbocycles. The summed E-state index contributed by atoms with van der Waals surface area (Å²) in [5, 5.41) is 5.77.